The molecule has 2 aromatic rings. The lowest BCUT2D eigenvalue weighted by Crippen LogP contribution is -2.21. The number of pyridine rings is 1. The fourth-order valence-corrected chi connectivity index (χ4v) is 2.91. The van der Waals surface area contributed by atoms with Gasteiger partial charge in [0.15, 0.2) is 0 Å². The molecule has 0 radical (unpaired) electrons. The number of aromatic nitrogens is 1. The van der Waals surface area contributed by atoms with Crippen LogP contribution in [0.25, 0.3) is 10.8 Å². The van der Waals surface area contributed by atoms with Crippen LogP contribution in [0.5, 0.6) is 0 Å². The fraction of sp³-hybridized carbons (Fsp3) is 0.308. The molecule has 1 heterocycles. The van der Waals surface area contributed by atoms with Crippen LogP contribution in [0.3, 0.4) is 0 Å². The average Bonchev–Trinajstić information content (AvgIpc) is 2.49. The van der Waals surface area contributed by atoms with E-state index in [-0.39, 0.29) is 18.7 Å². The highest BCUT2D eigenvalue weighted by molar-refractivity contribution is 9.10. The predicted octanol–water partition coefficient (Wildman–Crippen LogP) is 3.18. The Hall–Kier alpha value is -0.980. The summed E-state index contributed by atoms with van der Waals surface area (Å²) in [6, 6.07) is 7.29. The van der Waals surface area contributed by atoms with Crippen LogP contribution in [0.2, 0.25) is 0 Å². The Bertz CT molecular complexity index is 737. The lowest BCUT2D eigenvalue weighted by Gasteiger charge is -2.14. The van der Waals surface area contributed by atoms with E-state index in [1.165, 1.54) is 18.8 Å². The minimum atomic E-state index is -3.51. The van der Waals surface area contributed by atoms with Gasteiger partial charge in [0.25, 0.3) is 5.56 Å². The Morgan fingerprint density at radius 2 is 1.95 bits per heavy atom. The van der Waals surface area contributed by atoms with Gasteiger partial charge in [-0.3, -0.25) is 18.4 Å². The number of rotatable bonds is 6. The number of hydrogen-bond donors (Lipinski definition) is 0. The number of phosphoric ester groups is 1. The van der Waals surface area contributed by atoms with E-state index < -0.39 is 7.82 Å². The molecular weight excluding hydrogens is 361 g/mol. The number of phosphoric acid groups is 1. The first-order valence-electron chi connectivity index (χ1n) is 6.14. The van der Waals surface area contributed by atoms with E-state index in [2.05, 4.69) is 25.0 Å². The average molecular weight is 376 g/mol. The van der Waals surface area contributed by atoms with Crippen LogP contribution in [0.15, 0.2) is 39.7 Å². The second kappa shape index (κ2) is 6.85. The molecule has 21 heavy (non-hydrogen) atoms. The highest BCUT2D eigenvalue weighted by Gasteiger charge is 2.22. The fourth-order valence-electron chi connectivity index (χ4n) is 1.87. The summed E-state index contributed by atoms with van der Waals surface area (Å²) in [5, 5.41) is 1.47. The van der Waals surface area contributed by atoms with Crippen LogP contribution in [-0.2, 0) is 24.7 Å². The monoisotopic (exact) mass is 375 g/mol. The minimum absolute atomic E-state index is 0.0426. The van der Waals surface area contributed by atoms with Crippen molar-refractivity contribution in [2.24, 2.45) is 0 Å². The molecule has 0 amide bonds. The van der Waals surface area contributed by atoms with Crippen LogP contribution in [0, 0.1) is 0 Å². The van der Waals surface area contributed by atoms with Gasteiger partial charge in [-0.05, 0) is 29.7 Å². The maximum absolute atomic E-state index is 12.3. The van der Waals surface area contributed by atoms with Gasteiger partial charge in [0.05, 0.1) is 6.61 Å². The number of halogens is 1. The molecule has 0 unspecified atom stereocenters. The third-order valence-corrected chi connectivity index (χ3v) is 4.85. The molecule has 2 rings (SSSR count). The van der Waals surface area contributed by atoms with Crippen LogP contribution < -0.4 is 5.56 Å². The zero-order chi connectivity index (χ0) is 15.5. The highest BCUT2D eigenvalue weighted by Crippen LogP contribution is 2.47. The van der Waals surface area contributed by atoms with Gasteiger partial charge >= 0.3 is 7.82 Å². The van der Waals surface area contributed by atoms with Crippen molar-refractivity contribution in [2.75, 3.05) is 20.8 Å². The summed E-state index contributed by atoms with van der Waals surface area (Å²) in [7, 11) is -1.03. The molecule has 0 aliphatic heterocycles. The molecule has 114 valence electrons. The lowest BCUT2D eigenvalue weighted by molar-refractivity contribution is 0.147. The Labute approximate surface area is 130 Å². The third-order valence-electron chi connectivity index (χ3n) is 2.97. The highest BCUT2D eigenvalue weighted by atomic mass is 79.9. The van der Waals surface area contributed by atoms with Crippen molar-refractivity contribution >= 4 is 34.5 Å². The Morgan fingerprint density at radius 1 is 1.24 bits per heavy atom. The van der Waals surface area contributed by atoms with Crippen LogP contribution in [-0.4, -0.2) is 25.4 Å². The molecule has 0 saturated heterocycles. The largest absolute Gasteiger partial charge is 0.474 e. The molecule has 0 atom stereocenters. The van der Waals surface area contributed by atoms with Crippen molar-refractivity contribution in [1.29, 1.82) is 0 Å². The van der Waals surface area contributed by atoms with Crippen LogP contribution in [0.1, 0.15) is 0 Å². The molecule has 0 aliphatic rings. The first-order chi connectivity index (χ1) is 9.99. The molecule has 6 nitrogen and oxygen atoms in total. The molecule has 1 aromatic heterocycles. The van der Waals surface area contributed by atoms with Gasteiger partial charge in [-0.1, -0.05) is 15.9 Å². The predicted molar refractivity (Wildman–Crippen MR) is 83.5 cm³/mol. The number of nitrogens with zero attached hydrogens (tertiary/aromatic N) is 1. The maximum Gasteiger partial charge on any atom is 0.474 e. The Morgan fingerprint density at radius 3 is 2.62 bits per heavy atom. The molecule has 1 aromatic carbocycles. The molecule has 0 fully saturated rings. The van der Waals surface area contributed by atoms with E-state index in [4.69, 9.17) is 4.52 Å². The molecule has 8 heteroatoms. The molecule has 0 spiro atoms. The topological polar surface area (TPSA) is 66.8 Å². The van der Waals surface area contributed by atoms with Crippen molar-refractivity contribution in [3.63, 3.8) is 0 Å². The van der Waals surface area contributed by atoms with Crippen molar-refractivity contribution in [3.8, 4) is 0 Å². The summed E-state index contributed by atoms with van der Waals surface area (Å²) < 4.78 is 28.5. The molecule has 0 aliphatic carbocycles. The van der Waals surface area contributed by atoms with E-state index in [0.717, 1.165) is 9.86 Å². The van der Waals surface area contributed by atoms with E-state index in [1.807, 2.05) is 18.2 Å². The minimum Gasteiger partial charge on any atom is -0.313 e. The lowest BCUT2D eigenvalue weighted by atomic mass is 10.2. The zero-order valence-corrected chi connectivity index (χ0v) is 14.1. The summed E-state index contributed by atoms with van der Waals surface area (Å²) in [5.41, 5.74) is -0.131. The van der Waals surface area contributed by atoms with Gasteiger partial charge in [-0.15, -0.1) is 0 Å². The second-order valence-corrected chi connectivity index (χ2v) is 6.99. The van der Waals surface area contributed by atoms with Crippen LogP contribution >= 0.6 is 23.8 Å². The van der Waals surface area contributed by atoms with Gasteiger partial charge in [0.1, 0.15) is 0 Å². The maximum atomic E-state index is 12.3. The molecule has 0 N–H and O–H groups in total. The Balaban J connectivity index is 2.17. The van der Waals surface area contributed by atoms with Crippen molar-refractivity contribution < 1.29 is 18.1 Å². The van der Waals surface area contributed by atoms with E-state index in [1.54, 1.807) is 12.3 Å². The number of fused-ring (bicyclic) bond motifs is 1. The second-order valence-electron chi connectivity index (χ2n) is 4.19. The summed E-state index contributed by atoms with van der Waals surface area (Å²) in [6.45, 7) is 0.294. The summed E-state index contributed by atoms with van der Waals surface area (Å²) >= 11 is 3.37. The summed E-state index contributed by atoms with van der Waals surface area (Å²) in [5.74, 6) is 0. The Kier molecular flexibility index (Phi) is 5.35. The molecule has 0 bridgehead atoms. The first-order valence-corrected chi connectivity index (χ1v) is 8.39. The third kappa shape index (κ3) is 3.81. The van der Waals surface area contributed by atoms with Gasteiger partial charge in [-0.25, -0.2) is 4.57 Å². The normalized spacial score (nSPS) is 12.0. The quantitative estimate of drug-likeness (QED) is 0.725. The van der Waals surface area contributed by atoms with E-state index in [9.17, 15) is 9.36 Å². The van der Waals surface area contributed by atoms with Gasteiger partial charge in [0.2, 0.25) is 0 Å². The number of benzene rings is 1. The number of hydrogen-bond acceptors (Lipinski definition) is 5. The van der Waals surface area contributed by atoms with Crippen LogP contribution in [0.4, 0.5) is 0 Å². The van der Waals surface area contributed by atoms with Gasteiger partial charge < -0.3 is 4.57 Å². The van der Waals surface area contributed by atoms with E-state index >= 15 is 0 Å². The summed E-state index contributed by atoms with van der Waals surface area (Å²) in [4.78, 5) is 12.3. The van der Waals surface area contributed by atoms with Crippen molar-refractivity contribution in [1.82, 2.24) is 4.57 Å². The zero-order valence-electron chi connectivity index (χ0n) is 11.6. The smallest absolute Gasteiger partial charge is 0.313 e. The first kappa shape index (κ1) is 16.4. The van der Waals surface area contributed by atoms with Crippen molar-refractivity contribution in [3.05, 3.63) is 45.3 Å². The molecule has 0 saturated carbocycles. The SMILES string of the molecule is COP(=O)(OC)OCCn1ccc2cc(Br)ccc2c1=O. The van der Waals surface area contributed by atoms with E-state index in [0.29, 0.717) is 5.39 Å². The van der Waals surface area contributed by atoms with Gasteiger partial charge in [-0.2, -0.15) is 0 Å². The standard InChI is InChI=1S/C13H15BrNO5P/c1-18-21(17,19-2)20-8-7-15-6-5-10-9-11(14)3-4-12(10)13(15)16/h3-6,9H,7-8H2,1-2H3. The summed E-state index contributed by atoms with van der Waals surface area (Å²) in [6.07, 6.45) is 1.67. The molecular formula is C13H15BrNO5P. The van der Waals surface area contributed by atoms with Crippen molar-refractivity contribution in [2.45, 2.75) is 6.54 Å². The van der Waals surface area contributed by atoms with Gasteiger partial charge in [0, 0.05) is 36.8 Å².